The van der Waals surface area contributed by atoms with Crippen molar-refractivity contribution in [1.29, 1.82) is 0 Å². The summed E-state index contributed by atoms with van der Waals surface area (Å²) >= 11 is 0. The predicted molar refractivity (Wildman–Crippen MR) is 105 cm³/mol. The lowest BCUT2D eigenvalue weighted by Gasteiger charge is -2.05. The number of nitrogens with zero attached hydrogens (tertiary/aromatic N) is 1. The van der Waals surface area contributed by atoms with Gasteiger partial charge in [0.2, 0.25) is 5.90 Å². The highest BCUT2D eigenvalue weighted by Crippen LogP contribution is 2.23. The Balaban J connectivity index is 1.65. The van der Waals surface area contributed by atoms with Crippen molar-refractivity contribution in [2.24, 2.45) is 4.99 Å². The van der Waals surface area contributed by atoms with Gasteiger partial charge in [-0.15, -0.1) is 0 Å². The fourth-order valence-electron chi connectivity index (χ4n) is 3.00. The number of aliphatic imine (C=N–C) groups is 1. The van der Waals surface area contributed by atoms with Crippen LogP contribution < -0.4 is 0 Å². The van der Waals surface area contributed by atoms with E-state index in [4.69, 9.17) is 4.74 Å². The number of carbonyl (C=O) groups excluding carboxylic acids is 1. The quantitative estimate of drug-likeness (QED) is 0.478. The van der Waals surface area contributed by atoms with Gasteiger partial charge in [-0.05, 0) is 52.1 Å². The molecule has 0 aromatic heterocycles. The third-order valence-corrected chi connectivity index (χ3v) is 4.52. The number of hydrogen-bond acceptors (Lipinski definition) is 3. The number of benzene rings is 3. The van der Waals surface area contributed by atoms with Crippen LogP contribution in [0.5, 0.6) is 0 Å². The minimum absolute atomic E-state index is 0.322. The van der Waals surface area contributed by atoms with E-state index in [-0.39, 0.29) is 0 Å². The Hall–Kier alpha value is -3.20. The Morgan fingerprint density at radius 1 is 0.923 bits per heavy atom. The van der Waals surface area contributed by atoms with Crippen molar-refractivity contribution in [3.05, 3.63) is 89.1 Å². The summed E-state index contributed by atoms with van der Waals surface area (Å²) in [6, 6.07) is 22.2. The minimum atomic E-state index is -0.416. The van der Waals surface area contributed by atoms with Crippen molar-refractivity contribution in [2.45, 2.75) is 19.8 Å². The Morgan fingerprint density at radius 3 is 2.38 bits per heavy atom. The summed E-state index contributed by atoms with van der Waals surface area (Å²) in [7, 11) is 0. The molecule has 0 unspecified atom stereocenters. The van der Waals surface area contributed by atoms with Gasteiger partial charge in [-0.2, -0.15) is 0 Å². The fourth-order valence-corrected chi connectivity index (χ4v) is 3.00. The van der Waals surface area contributed by atoms with Gasteiger partial charge in [-0.25, -0.2) is 9.79 Å². The highest BCUT2D eigenvalue weighted by atomic mass is 16.6. The molecule has 0 fully saturated rings. The van der Waals surface area contributed by atoms with E-state index in [1.807, 2.05) is 54.6 Å². The molecule has 128 valence electrons. The Bertz CT molecular complexity index is 1040. The highest BCUT2D eigenvalue weighted by molar-refractivity contribution is 6.13. The zero-order valence-electron chi connectivity index (χ0n) is 14.8. The molecule has 3 nitrogen and oxygen atoms in total. The second-order valence-corrected chi connectivity index (χ2v) is 6.72. The van der Waals surface area contributed by atoms with Crippen LogP contribution in [0.2, 0.25) is 0 Å². The Morgan fingerprint density at radius 2 is 1.65 bits per heavy atom. The van der Waals surface area contributed by atoms with E-state index in [0.717, 1.165) is 21.9 Å². The average Bonchev–Trinajstić information content (AvgIpc) is 3.02. The molecule has 0 bridgehead atoms. The molecule has 1 heterocycles. The zero-order chi connectivity index (χ0) is 18.1. The number of hydrogen-bond donors (Lipinski definition) is 0. The summed E-state index contributed by atoms with van der Waals surface area (Å²) in [6.07, 6.45) is 1.77. The highest BCUT2D eigenvalue weighted by Gasteiger charge is 2.24. The number of esters is 1. The van der Waals surface area contributed by atoms with Gasteiger partial charge < -0.3 is 4.74 Å². The van der Waals surface area contributed by atoms with E-state index in [1.165, 1.54) is 5.56 Å². The number of fused-ring (bicyclic) bond motifs is 1. The normalized spacial score (nSPS) is 15.6. The lowest BCUT2D eigenvalue weighted by Crippen LogP contribution is -2.05. The van der Waals surface area contributed by atoms with Crippen LogP contribution in [0.1, 0.15) is 36.5 Å². The number of rotatable bonds is 3. The molecule has 0 radical (unpaired) electrons. The van der Waals surface area contributed by atoms with E-state index in [0.29, 0.717) is 17.5 Å². The SMILES string of the molecule is CC(C)c1ccc(C2=N/C(=C\c3ccc4ccccc4c3)C(=O)O2)cc1. The molecule has 0 N–H and O–H groups in total. The lowest BCUT2D eigenvalue weighted by atomic mass is 10.0. The number of carbonyl (C=O) groups is 1. The van der Waals surface area contributed by atoms with Crippen LogP contribution in [-0.2, 0) is 9.53 Å². The van der Waals surface area contributed by atoms with Crippen molar-refractivity contribution >= 4 is 28.7 Å². The first kappa shape index (κ1) is 16.3. The van der Waals surface area contributed by atoms with Crippen LogP contribution in [0.15, 0.2) is 77.4 Å². The van der Waals surface area contributed by atoms with Crippen molar-refractivity contribution < 1.29 is 9.53 Å². The number of ether oxygens (including phenoxy) is 1. The van der Waals surface area contributed by atoms with E-state index in [2.05, 4.69) is 31.0 Å². The summed E-state index contributed by atoms with van der Waals surface area (Å²) < 4.78 is 5.36. The summed E-state index contributed by atoms with van der Waals surface area (Å²) in [5.74, 6) is 0.402. The predicted octanol–water partition coefficient (Wildman–Crippen LogP) is 5.31. The first-order valence-corrected chi connectivity index (χ1v) is 8.72. The summed E-state index contributed by atoms with van der Waals surface area (Å²) in [5, 5.41) is 2.29. The van der Waals surface area contributed by atoms with Gasteiger partial charge >= 0.3 is 5.97 Å². The van der Waals surface area contributed by atoms with Crippen molar-refractivity contribution in [1.82, 2.24) is 0 Å². The van der Waals surface area contributed by atoms with Gasteiger partial charge in [0.1, 0.15) is 0 Å². The molecule has 4 rings (SSSR count). The van der Waals surface area contributed by atoms with Crippen LogP contribution >= 0.6 is 0 Å². The van der Waals surface area contributed by atoms with Crippen LogP contribution in [0, 0.1) is 0 Å². The van der Waals surface area contributed by atoms with Crippen LogP contribution in [0.25, 0.3) is 16.8 Å². The molecule has 0 saturated heterocycles. The topological polar surface area (TPSA) is 38.7 Å². The van der Waals surface area contributed by atoms with Crippen molar-refractivity contribution in [2.75, 3.05) is 0 Å². The van der Waals surface area contributed by atoms with E-state index in [9.17, 15) is 4.79 Å². The second-order valence-electron chi connectivity index (χ2n) is 6.72. The van der Waals surface area contributed by atoms with Gasteiger partial charge in [0.15, 0.2) is 5.70 Å². The minimum Gasteiger partial charge on any atom is -0.402 e. The van der Waals surface area contributed by atoms with Crippen LogP contribution in [-0.4, -0.2) is 11.9 Å². The van der Waals surface area contributed by atoms with Gasteiger partial charge in [-0.3, -0.25) is 0 Å². The van der Waals surface area contributed by atoms with Gasteiger partial charge in [0, 0.05) is 5.56 Å². The molecule has 0 amide bonds. The Kier molecular flexibility index (Phi) is 4.13. The monoisotopic (exact) mass is 341 g/mol. The standard InChI is InChI=1S/C23H19NO2/c1-15(2)17-9-11-19(12-10-17)22-24-21(23(25)26-22)14-16-7-8-18-5-3-4-6-20(18)13-16/h3-15H,1-2H3/b21-14-. The maximum atomic E-state index is 12.2. The summed E-state index contributed by atoms with van der Waals surface area (Å²) in [6.45, 7) is 4.29. The Labute approximate surface area is 152 Å². The largest absolute Gasteiger partial charge is 0.402 e. The smallest absolute Gasteiger partial charge is 0.363 e. The third kappa shape index (κ3) is 3.16. The molecule has 3 aromatic rings. The molecule has 0 atom stereocenters. The van der Waals surface area contributed by atoms with Gasteiger partial charge in [0.25, 0.3) is 0 Å². The second kappa shape index (κ2) is 6.60. The molecule has 26 heavy (non-hydrogen) atoms. The van der Waals surface area contributed by atoms with Crippen LogP contribution in [0.4, 0.5) is 0 Å². The van der Waals surface area contributed by atoms with Gasteiger partial charge in [-0.1, -0.05) is 62.4 Å². The molecule has 1 aliphatic rings. The first-order valence-electron chi connectivity index (χ1n) is 8.72. The molecule has 1 aliphatic heterocycles. The third-order valence-electron chi connectivity index (χ3n) is 4.52. The maximum absolute atomic E-state index is 12.2. The van der Waals surface area contributed by atoms with Crippen molar-refractivity contribution in [3.8, 4) is 0 Å². The van der Waals surface area contributed by atoms with Gasteiger partial charge in [0.05, 0.1) is 0 Å². The molecule has 3 aromatic carbocycles. The van der Waals surface area contributed by atoms with E-state index >= 15 is 0 Å². The zero-order valence-corrected chi connectivity index (χ0v) is 14.8. The molecule has 0 spiro atoms. The van der Waals surface area contributed by atoms with E-state index in [1.54, 1.807) is 6.08 Å². The molecular formula is C23H19NO2. The first-order chi connectivity index (χ1) is 12.6. The molecule has 3 heteroatoms. The summed E-state index contributed by atoms with van der Waals surface area (Å²) in [5.41, 5.74) is 3.30. The molecule has 0 saturated carbocycles. The fraction of sp³-hybridized carbons (Fsp3) is 0.130. The summed E-state index contributed by atoms with van der Waals surface area (Å²) in [4.78, 5) is 16.6. The lowest BCUT2D eigenvalue weighted by molar-refractivity contribution is -0.129. The average molecular weight is 341 g/mol. The maximum Gasteiger partial charge on any atom is 0.363 e. The molecular weight excluding hydrogens is 322 g/mol. The van der Waals surface area contributed by atoms with Crippen molar-refractivity contribution in [3.63, 3.8) is 0 Å². The van der Waals surface area contributed by atoms with Crippen LogP contribution in [0.3, 0.4) is 0 Å². The van der Waals surface area contributed by atoms with E-state index < -0.39 is 5.97 Å². The number of cyclic esters (lactones) is 1. The molecule has 0 aliphatic carbocycles.